The Bertz CT molecular complexity index is 839. The molecular formula is C20H21N3O2. The van der Waals surface area contributed by atoms with Gasteiger partial charge in [0.25, 0.3) is 0 Å². The molecule has 0 radical (unpaired) electrons. The Hall–Kier alpha value is -2.92. The van der Waals surface area contributed by atoms with E-state index in [2.05, 4.69) is 10.3 Å². The molecular weight excluding hydrogens is 314 g/mol. The van der Waals surface area contributed by atoms with E-state index in [1.54, 1.807) is 6.20 Å². The number of amides is 1. The summed E-state index contributed by atoms with van der Waals surface area (Å²) in [5.41, 5.74) is 2.62. The summed E-state index contributed by atoms with van der Waals surface area (Å²) < 4.78 is 5.51. The van der Waals surface area contributed by atoms with Gasteiger partial charge in [0.05, 0.1) is 6.20 Å². The van der Waals surface area contributed by atoms with Crippen LogP contribution in [0.25, 0.3) is 11.3 Å². The maximum absolute atomic E-state index is 12.7. The third-order valence-electron chi connectivity index (χ3n) is 3.94. The van der Waals surface area contributed by atoms with Crippen molar-refractivity contribution < 1.29 is 9.21 Å². The minimum Gasteiger partial charge on any atom is -0.441 e. The Morgan fingerprint density at radius 2 is 1.76 bits per heavy atom. The number of anilines is 1. The quantitative estimate of drug-likeness (QED) is 0.768. The van der Waals surface area contributed by atoms with Gasteiger partial charge in [0.1, 0.15) is 6.04 Å². The van der Waals surface area contributed by atoms with E-state index in [1.807, 2.05) is 80.5 Å². The van der Waals surface area contributed by atoms with Crippen LogP contribution in [-0.2, 0) is 4.79 Å². The second-order valence-corrected chi connectivity index (χ2v) is 6.09. The lowest BCUT2D eigenvalue weighted by atomic mass is 10.1. The largest absolute Gasteiger partial charge is 0.441 e. The molecule has 1 amide bonds. The molecule has 25 heavy (non-hydrogen) atoms. The highest BCUT2D eigenvalue weighted by atomic mass is 16.4. The zero-order valence-electron chi connectivity index (χ0n) is 14.6. The molecule has 0 fully saturated rings. The van der Waals surface area contributed by atoms with E-state index in [9.17, 15) is 4.79 Å². The minimum absolute atomic E-state index is 0.0699. The topological polar surface area (TPSA) is 58.4 Å². The molecule has 1 aromatic heterocycles. The Labute approximate surface area is 147 Å². The Balaban J connectivity index is 1.75. The van der Waals surface area contributed by atoms with Gasteiger partial charge in [-0.1, -0.05) is 30.3 Å². The van der Waals surface area contributed by atoms with E-state index in [1.165, 1.54) is 0 Å². The summed E-state index contributed by atoms with van der Waals surface area (Å²) >= 11 is 0. The number of carbonyl (C=O) groups excluding carboxylic acids is 1. The molecule has 128 valence electrons. The van der Waals surface area contributed by atoms with Crippen LogP contribution < -0.4 is 5.32 Å². The summed E-state index contributed by atoms with van der Waals surface area (Å²) in [6, 6.07) is 16.9. The molecule has 0 spiro atoms. The van der Waals surface area contributed by atoms with Crippen LogP contribution >= 0.6 is 0 Å². The Kier molecular flexibility index (Phi) is 4.95. The molecule has 0 aliphatic rings. The van der Waals surface area contributed by atoms with E-state index < -0.39 is 0 Å². The maximum Gasteiger partial charge on any atom is 0.246 e. The van der Waals surface area contributed by atoms with Crippen molar-refractivity contribution in [1.82, 2.24) is 9.88 Å². The van der Waals surface area contributed by atoms with Crippen molar-refractivity contribution >= 4 is 11.6 Å². The third-order valence-corrected chi connectivity index (χ3v) is 3.94. The van der Waals surface area contributed by atoms with Crippen molar-refractivity contribution in [2.75, 3.05) is 19.4 Å². The molecule has 3 aromatic rings. The first kappa shape index (κ1) is 16.9. The number of aromatic nitrogens is 1. The van der Waals surface area contributed by atoms with E-state index >= 15 is 0 Å². The fraction of sp³-hybridized carbons (Fsp3) is 0.200. The van der Waals surface area contributed by atoms with Gasteiger partial charge in [0.15, 0.2) is 11.7 Å². The molecule has 2 aromatic carbocycles. The molecule has 1 atom stereocenters. The first-order valence-corrected chi connectivity index (χ1v) is 8.09. The minimum atomic E-state index is -0.349. The molecule has 5 heteroatoms. The summed E-state index contributed by atoms with van der Waals surface area (Å²) in [5.74, 6) is 1.27. The van der Waals surface area contributed by atoms with Crippen molar-refractivity contribution in [3.63, 3.8) is 0 Å². The number of hydrogen-bond donors (Lipinski definition) is 1. The summed E-state index contributed by atoms with van der Waals surface area (Å²) in [6.45, 7) is 1.81. The van der Waals surface area contributed by atoms with Gasteiger partial charge in [0.2, 0.25) is 5.91 Å². The predicted molar refractivity (Wildman–Crippen MR) is 98.2 cm³/mol. The lowest BCUT2D eigenvalue weighted by Gasteiger charge is -2.23. The van der Waals surface area contributed by atoms with Crippen molar-refractivity contribution in [2.24, 2.45) is 0 Å². The van der Waals surface area contributed by atoms with Crippen molar-refractivity contribution in [1.29, 1.82) is 0 Å². The van der Waals surface area contributed by atoms with Crippen LogP contribution in [0, 0.1) is 6.92 Å². The van der Waals surface area contributed by atoms with E-state index in [4.69, 9.17) is 4.42 Å². The lowest BCUT2D eigenvalue weighted by Crippen LogP contribution is -2.32. The van der Waals surface area contributed by atoms with Crippen molar-refractivity contribution in [3.05, 3.63) is 72.2 Å². The van der Waals surface area contributed by atoms with Crippen LogP contribution in [0.15, 0.2) is 65.2 Å². The monoisotopic (exact) mass is 335 g/mol. The number of likely N-dealkylation sites (N-methyl/N-ethyl adjacent to an activating group) is 1. The normalized spacial score (nSPS) is 12.2. The number of nitrogens with zero attached hydrogens (tertiary/aromatic N) is 2. The van der Waals surface area contributed by atoms with Crippen LogP contribution in [-0.4, -0.2) is 29.9 Å². The molecule has 0 bridgehead atoms. The van der Waals surface area contributed by atoms with Gasteiger partial charge in [-0.3, -0.25) is 9.69 Å². The Morgan fingerprint density at radius 3 is 2.32 bits per heavy atom. The van der Waals surface area contributed by atoms with E-state index in [0.29, 0.717) is 11.7 Å². The maximum atomic E-state index is 12.7. The molecule has 1 heterocycles. The second-order valence-electron chi connectivity index (χ2n) is 6.09. The second kappa shape index (κ2) is 7.32. The van der Waals surface area contributed by atoms with Gasteiger partial charge in [-0.05, 0) is 43.9 Å². The zero-order valence-corrected chi connectivity index (χ0v) is 14.6. The summed E-state index contributed by atoms with van der Waals surface area (Å²) in [5, 5.41) is 2.98. The average Bonchev–Trinajstić information content (AvgIpc) is 3.03. The fourth-order valence-electron chi connectivity index (χ4n) is 2.74. The van der Waals surface area contributed by atoms with E-state index in [0.717, 1.165) is 16.8 Å². The van der Waals surface area contributed by atoms with Crippen LogP contribution in [0.1, 0.15) is 17.5 Å². The average molecular weight is 335 g/mol. The molecule has 1 unspecified atom stereocenters. The number of benzene rings is 2. The smallest absolute Gasteiger partial charge is 0.246 e. The summed E-state index contributed by atoms with van der Waals surface area (Å²) in [4.78, 5) is 18.7. The van der Waals surface area contributed by atoms with Crippen LogP contribution in [0.3, 0.4) is 0 Å². The first-order chi connectivity index (χ1) is 12.0. The van der Waals surface area contributed by atoms with Crippen LogP contribution in [0.2, 0.25) is 0 Å². The van der Waals surface area contributed by atoms with Gasteiger partial charge in [-0.15, -0.1) is 0 Å². The lowest BCUT2D eigenvalue weighted by molar-refractivity contribution is -0.120. The standard InChI is InChI=1S/C20H21N3O2/c1-14-21-13-18(25-14)15-9-11-17(12-10-15)22-20(24)19(23(2)3)16-7-5-4-6-8-16/h4-13,19H,1-3H3,(H,22,24). The van der Waals surface area contributed by atoms with Gasteiger partial charge in [-0.25, -0.2) is 4.98 Å². The first-order valence-electron chi connectivity index (χ1n) is 8.09. The zero-order chi connectivity index (χ0) is 17.8. The van der Waals surface area contributed by atoms with Crippen molar-refractivity contribution in [2.45, 2.75) is 13.0 Å². The number of aryl methyl sites for hydroxylation is 1. The molecule has 0 aliphatic heterocycles. The predicted octanol–water partition coefficient (Wildman–Crippen LogP) is 3.89. The molecule has 0 saturated carbocycles. The fourth-order valence-corrected chi connectivity index (χ4v) is 2.74. The highest BCUT2D eigenvalue weighted by Gasteiger charge is 2.22. The van der Waals surface area contributed by atoms with Crippen molar-refractivity contribution in [3.8, 4) is 11.3 Å². The number of oxazole rings is 1. The number of hydrogen-bond acceptors (Lipinski definition) is 4. The summed E-state index contributed by atoms with van der Waals surface area (Å²) in [7, 11) is 3.79. The highest BCUT2D eigenvalue weighted by molar-refractivity contribution is 5.95. The third kappa shape index (κ3) is 3.95. The Morgan fingerprint density at radius 1 is 1.08 bits per heavy atom. The molecule has 5 nitrogen and oxygen atoms in total. The molecule has 3 rings (SSSR count). The molecule has 0 aliphatic carbocycles. The summed E-state index contributed by atoms with van der Waals surface area (Å²) in [6.07, 6.45) is 1.69. The SMILES string of the molecule is Cc1ncc(-c2ccc(NC(=O)C(c3ccccc3)N(C)C)cc2)o1. The van der Waals surface area contributed by atoms with Gasteiger partial charge in [-0.2, -0.15) is 0 Å². The van der Waals surface area contributed by atoms with Gasteiger partial charge >= 0.3 is 0 Å². The number of rotatable bonds is 5. The number of carbonyl (C=O) groups is 1. The molecule has 1 N–H and O–H groups in total. The van der Waals surface area contributed by atoms with Crippen LogP contribution in [0.5, 0.6) is 0 Å². The van der Waals surface area contributed by atoms with E-state index in [-0.39, 0.29) is 11.9 Å². The molecule has 0 saturated heterocycles. The number of nitrogens with one attached hydrogen (secondary N) is 1. The highest BCUT2D eigenvalue weighted by Crippen LogP contribution is 2.24. The van der Waals surface area contributed by atoms with Gasteiger partial charge < -0.3 is 9.73 Å². The van der Waals surface area contributed by atoms with Gasteiger partial charge in [0, 0.05) is 18.2 Å². The van der Waals surface area contributed by atoms with Crippen LogP contribution in [0.4, 0.5) is 5.69 Å².